The first kappa shape index (κ1) is 26.7. The molecule has 39 heavy (non-hydrogen) atoms. The summed E-state index contributed by atoms with van der Waals surface area (Å²) in [5.74, 6) is 0.603. The zero-order valence-electron chi connectivity index (χ0n) is 22.4. The Morgan fingerprint density at radius 1 is 1.15 bits per heavy atom. The highest BCUT2D eigenvalue weighted by Gasteiger charge is 2.44. The van der Waals surface area contributed by atoms with Crippen LogP contribution in [0.4, 0.5) is 15.0 Å². The molecule has 0 radical (unpaired) electrons. The molecule has 0 bridgehead atoms. The number of aromatic nitrogens is 4. The quantitative estimate of drug-likeness (QED) is 0.517. The summed E-state index contributed by atoms with van der Waals surface area (Å²) in [6.07, 6.45) is -1.07. The van der Waals surface area contributed by atoms with Gasteiger partial charge in [0.05, 0.1) is 17.8 Å². The first-order valence-corrected chi connectivity index (χ1v) is 13.4. The Morgan fingerprint density at radius 2 is 1.85 bits per heavy atom. The number of hydrogen-bond acceptors (Lipinski definition) is 7. The van der Waals surface area contributed by atoms with E-state index in [4.69, 9.17) is 4.98 Å². The van der Waals surface area contributed by atoms with Crippen LogP contribution in [0.25, 0.3) is 10.8 Å². The predicted octanol–water partition coefficient (Wildman–Crippen LogP) is 3.95. The monoisotopic (exact) mass is 555 g/mol. The number of carbonyl (C=O) groups excluding carboxylic acids is 2. The van der Waals surface area contributed by atoms with E-state index in [1.54, 1.807) is 32.6 Å². The van der Waals surface area contributed by atoms with Gasteiger partial charge in [0.25, 0.3) is 5.91 Å². The van der Waals surface area contributed by atoms with Gasteiger partial charge in [-0.2, -0.15) is 4.37 Å². The van der Waals surface area contributed by atoms with Gasteiger partial charge in [0, 0.05) is 37.2 Å². The molecule has 1 fully saturated rings. The molecule has 2 aliphatic heterocycles. The van der Waals surface area contributed by atoms with E-state index in [1.165, 1.54) is 45.6 Å². The van der Waals surface area contributed by atoms with E-state index in [2.05, 4.69) is 9.36 Å². The molecule has 4 heterocycles. The molecule has 2 aromatic heterocycles. The second-order valence-corrected chi connectivity index (χ2v) is 11.6. The summed E-state index contributed by atoms with van der Waals surface area (Å²) in [6, 6.07) is 4.37. The summed E-state index contributed by atoms with van der Waals surface area (Å²) in [5, 5.41) is 10.5. The molecule has 1 aromatic carbocycles. The minimum atomic E-state index is -1.09. The summed E-state index contributed by atoms with van der Waals surface area (Å²) in [6.45, 7) is 9.95. The number of fused-ring (bicyclic) bond motifs is 1. The van der Waals surface area contributed by atoms with Crippen molar-refractivity contribution in [2.45, 2.75) is 65.2 Å². The molecule has 0 unspecified atom stereocenters. The van der Waals surface area contributed by atoms with Gasteiger partial charge in [-0.25, -0.2) is 19.2 Å². The van der Waals surface area contributed by atoms with Gasteiger partial charge in [0.1, 0.15) is 11.6 Å². The van der Waals surface area contributed by atoms with Crippen LogP contribution in [0.5, 0.6) is 0 Å². The maximum Gasteiger partial charge on any atom is 0.408 e. The molecule has 1 saturated heterocycles. The summed E-state index contributed by atoms with van der Waals surface area (Å²) in [5.41, 5.74) is 0.310. The van der Waals surface area contributed by atoms with Crippen molar-refractivity contribution in [1.29, 1.82) is 0 Å². The molecule has 5 rings (SSSR count). The predicted molar refractivity (Wildman–Crippen MR) is 142 cm³/mol. The van der Waals surface area contributed by atoms with Crippen molar-refractivity contribution in [3.63, 3.8) is 0 Å². The number of amides is 3. The SMILES string of the molecule is Cc1nsc(-c2nc(N3C[C@H](N(C(=O)O)C(C)(C)C)CC3=O)c3n2CCN(C(=O)c2ccc(F)cc2)[C@@H]3C)n1. The number of anilines is 1. The van der Waals surface area contributed by atoms with E-state index in [-0.39, 0.29) is 24.8 Å². The van der Waals surface area contributed by atoms with Crippen molar-refractivity contribution in [1.82, 2.24) is 28.7 Å². The first-order valence-electron chi connectivity index (χ1n) is 12.7. The zero-order valence-corrected chi connectivity index (χ0v) is 23.2. The van der Waals surface area contributed by atoms with E-state index >= 15 is 0 Å². The average molecular weight is 556 g/mol. The molecular formula is C26H30FN7O4S. The Hall–Kier alpha value is -3.87. The maximum atomic E-state index is 13.5. The topological polar surface area (TPSA) is 125 Å². The second-order valence-electron chi connectivity index (χ2n) is 10.8. The molecule has 13 heteroatoms. The fraction of sp³-hybridized carbons (Fsp3) is 0.462. The number of nitrogens with zero attached hydrogens (tertiary/aromatic N) is 7. The lowest BCUT2D eigenvalue weighted by Gasteiger charge is -2.38. The number of carboxylic acid groups (broad SMARTS) is 1. The molecule has 1 N–H and O–H groups in total. The summed E-state index contributed by atoms with van der Waals surface area (Å²) in [4.78, 5) is 52.8. The number of hydrogen-bond donors (Lipinski definition) is 1. The number of carbonyl (C=O) groups is 3. The van der Waals surface area contributed by atoms with Gasteiger partial charge >= 0.3 is 6.09 Å². The summed E-state index contributed by atoms with van der Waals surface area (Å²) < 4.78 is 19.7. The first-order chi connectivity index (χ1) is 18.4. The smallest absolute Gasteiger partial charge is 0.408 e. The van der Waals surface area contributed by atoms with Crippen LogP contribution in [-0.2, 0) is 11.3 Å². The number of benzene rings is 1. The normalized spacial score (nSPS) is 19.4. The van der Waals surface area contributed by atoms with Gasteiger partial charge in [-0.1, -0.05) is 0 Å². The third-order valence-corrected chi connectivity index (χ3v) is 7.94. The fourth-order valence-corrected chi connectivity index (χ4v) is 6.15. The molecular weight excluding hydrogens is 525 g/mol. The second kappa shape index (κ2) is 9.70. The Balaban J connectivity index is 1.56. The zero-order chi connectivity index (χ0) is 28.2. The number of rotatable bonds is 4. The number of imidazole rings is 1. The molecule has 0 aliphatic carbocycles. The standard InChI is InChI=1S/C26H30FN7O4S/c1-14-20-21(33-13-18(12-19(33)35)34(25(37)38)26(3,4)5)29-22(23-28-15(2)30-39-23)32(20)11-10-31(14)24(36)16-6-8-17(27)9-7-16/h6-9,14,18H,10-13H2,1-5H3,(H,37,38)/t14-,18-/m1/s1. The minimum Gasteiger partial charge on any atom is -0.465 e. The molecule has 0 spiro atoms. The van der Waals surface area contributed by atoms with Gasteiger partial charge < -0.3 is 14.6 Å². The molecule has 2 aliphatic rings. The van der Waals surface area contributed by atoms with Crippen molar-refractivity contribution in [3.05, 3.63) is 47.2 Å². The van der Waals surface area contributed by atoms with Crippen LogP contribution in [0.15, 0.2) is 24.3 Å². The molecule has 2 atom stereocenters. The van der Waals surface area contributed by atoms with Gasteiger partial charge in [0.2, 0.25) is 5.91 Å². The van der Waals surface area contributed by atoms with Crippen molar-refractivity contribution >= 4 is 35.3 Å². The third-order valence-electron chi connectivity index (χ3n) is 7.14. The number of aryl methyl sites for hydroxylation is 1. The molecule has 3 amide bonds. The molecule has 206 valence electrons. The van der Waals surface area contributed by atoms with Crippen molar-refractivity contribution < 1.29 is 23.9 Å². The number of halogens is 1. The van der Waals surface area contributed by atoms with Crippen LogP contribution in [-0.4, -0.2) is 76.4 Å². The molecule has 11 nitrogen and oxygen atoms in total. The van der Waals surface area contributed by atoms with Gasteiger partial charge in [0.15, 0.2) is 16.6 Å². The lowest BCUT2D eigenvalue weighted by molar-refractivity contribution is -0.117. The van der Waals surface area contributed by atoms with Crippen LogP contribution in [0.1, 0.15) is 62.0 Å². The van der Waals surface area contributed by atoms with Crippen molar-refractivity contribution in [2.24, 2.45) is 0 Å². The summed E-state index contributed by atoms with van der Waals surface area (Å²) in [7, 11) is 0. The van der Waals surface area contributed by atoms with Crippen LogP contribution in [0.3, 0.4) is 0 Å². The maximum absolute atomic E-state index is 13.5. The largest absolute Gasteiger partial charge is 0.465 e. The highest BCUT2D eigenvalue weighted by molar-refractivity contribution is 7.09. The van der Waals surface area contributed by atoms with E-state index in [0.717, 1.165) is 0 Å². The lowest BCUT2D eigenvalue weighted by atomic mass is 10.0. The minimum absolute atomic E-state index is 0.0235. The average Bonchev–Trinajstić information content (AvgIpc) is 3.55. The Kier molecular flexibility index (Phi) is 6.65. The molecule has 0 saturated carbocycles. The Morgan fingerprint density at radius 3 is 2.44 bits per heavy atom. The van der Waals surface area contributed by atoms with Gasteiger partial charge in [-0.15, -0.1) is 0 Å². The van der Waals surface area contributed by atoms with E-state index in [1.807, 2.05) is 11.5 Å². The van der Waals surface area contributed by atoms with Crippen LogP contribution in [0, 0.1) is 12.7 Å². The fourth-order valence-electron chi connectivity index (χ4n) is 5.48. The van der Waals surface area contributed by atoms with Crippen LogP contribution in [0.2, 0.25) is 0 Å². The van der Waals surface area contributed by atoms with E-state index in [0.29, 0.717) is 46.8 Å². The van der Waals surface area contributed by atoms with Gasteiger partial charge in [-0.3, -0.25) is 19.4 Å². The Labute approximate surface area is 229 Å². The third kappa shape index (κ3) is 4.75. The van der Waals surface area contributed by atoms with Crippen molar-refractivity contribution in [2.75, 3.05) is 18.0 Å². The van der Waals surface area contributed by atoms with Crippen LogP contribution >= 0.6 is 11.5 Å². The highest BCUT2D eigenvalue weighted by atomic mass is 32.1. The highest BCUT2D eigenvalue weighted by Crippen LogP contribution is 2.40. The van der Waals surface area contributed by atoms with E-state index < -0.39 is 29.5 Å². The van der Waals surface area contributed by atoms with Crippen LogP contribution < -0.4 is 4.90 Å². The van der Waals surface area contributed by atoms with Gasteiger partial charge in [-0.05, 0) is 70.4 Å². The van der Waals surface area contributed by atoms with Crippen molar-refractivity contribution in [3.8, 4) is 10.8 Å². The Bertz CT molecular complexity index is 1450. The lowest BCUT2D eigenvalue weighted by Crippen LogP contribution is -2.52. The van der Waals surface area contributed by atoms with E-state index in [9.17, 15) is 23.9 Å². The summed E-state index contributed by atoms with van der Waals surface area (Å²) >= 11 is 1.20. The molecule has 3 aromatic rings.